The van der Waals surface area contributed by atoms with Gasteiger partial charge in [0.1, 0.15) is 12.2 Å². The lowest BCUT2D eigenvalue weighted by Crippen LogP contribution is -2.52. The van der Waals surface area contributed by atoms with E-state index in [1.54, 1.807) is 0 Å². The summed E-state index contributed by atoms with van der Waals surface area (Å²) >= 11 is 0. The summed E-state index contributed by atoms with van der Waals surface area (Å²) in [6.45, 7) is 3.57. The van der Waals surface area contributed by atoms with Crippen LogP contribution in [0, 0.1) is 0 Å². The molecule has 6 nitrogen and oxygen atoms in total. The zero-order chi connectivity index (χ0) is 17.9. The molecule has 2 atom stereocenters. The van der Waals surface area contributed by atoms with Gasteiger partial charge < -0.3 is 10.2 Å². The van der Waals surface area contributed by atoms with Crippen LogP contribution >= 0.6 is 0 Å². The fourth-order valence-corrected chi connectivity index (χ4v) is 3.58. The summed E-state index contributed by atoms with van der Waals surface area (Å²) in [7, 11) is 0. The lowest BCUT2D eigenvalue weighted by Gasteiger charge is -2.32. The average Bonchev–Trinajstić information content (AvgIpc) is 3.15. The fraction of sp³-hybridized carbons (Fsp3) is 0.350. The molecule has 2 aliphatic rings. The minimum Gasteiger partial charge on any atom is -0.367 e. The maximum absolute atomic E-state index is 13.1. The van der Waals surface area contributed by atoms with E-state index in [1.807, 2.05) is 11.0 Å². The van der Waals surface area contributed by atoms with Crippen LogP contribution in [0.2, 0.25) is 0 Å². The normalized spacial score (nSPS) is 22.1. The average molecular weight is 351 g/mol. The Hall–Kier alpha value is -2.41. The molecule has 1 saturated heterocycles. The molecule has 0 saturated carbocycles. The fourth-order valence-electron chi connectivity index (χ4n) is 3.58. The third-order valence-electron chi connectivity index (χ3n) is 5.18. The summed E-state index contributed by atoms with van der Waals surface area (Å²) in [5.41, 5.74) is 13.9. The van der Waals surface area contributed by atoms with Gasteiger partial charge in [-0.3, -0.25) is 4.79 Å². The van der Waals surface area contributed by atoms with Gasteiger partial charge in [-0.05, 0) is 41.7 Å². The van der Waals surface area contributed by atoms with Crippen LogP contribution in [0.1, 0.15) is 23.6 Å². The summed E-state index contributed by atoms with van der Waals surface area (Å²) in [6.07, 6.45) is 1.71. The van der Waals surface area contributed by atoms with E-state index in [1.165, 1.54) is 16.7 Å². The molecule has 2 aromatic rings. The zero-order valence-corrected chi connectivity index (χ0v) is 15.0. The molecule has 1 amide bonds. The lowest BCUT2D eigenvalue weighted by molar-refractivity contribution is -0.134. The van der Waals surface area contributed by atoms with Gasteiger partial charge in [-0.15, -0.1) is 0 Å². The first-order chi connectivity index (χ1) is 12.7. The molecule has 1 fully saturated rings. The number of aryl methyl sites for hydroxylation is 1. The molecule has 0 aliphatic carbocycles. The van der Waals surface area contributed by atoms with E-state index >= 15 is 0 Å². The third-order valence-corrected chi connectivity index (χ3v) is 5.18. The number of amides is 1. The van der Waals surface area contributed by atoms with Crippen molar-refractivity contribution in [2.24, 2.45) is 0 Å². The first-order valence-corrected chi connectivity index (χ1v) is 9.21. The van der Waals surface area contributed by atoms with E-state index in [9.17, 15) is 4.79 Å². The number of benzene rings is 2. The molecule has 0 aromatic heterocycles. The molecule has 4 rings (SSSR count). The monoisotopic (exact) mass is 351 g/mol. The maximum atomic E-state index is 13.1. The molecular formula is C20H25N5O. The first-order valence-electron chi connectivity index (χ1n) is 9.21. The smallest absolute Gasteiger partial charge is 0.245 e. The number of carbonyl (C=O) groups excluding carboxylic acids is 1. The number of nitrogens with one attached hydrogen (secondary N) is 4. The standard InChI is InChI=1S/C20H25N5O/c1-2-14-7-9-17(10-8-14)21-19-18(22-24-23-19)20(26)25-12-11-15-5-3-4-6-16(15)13-25/h3-10,18-19,21-24H,2,11-13H2,1H3. The Morgan fingerprint density at radius 3 is 2.65 bits per heavy atom. The number of hydrogen-bond acceptors (Lipinski definition) is 5. The number of nitrogens with zero attached hydrogens (tertiary/aromatic N) is 1. The van der Waals surface area contributed by atoms with Crippen LogP contribution in [0.5, 0.6) is 0 Å². The van der Waals surface area contributed by atoms with E-state index < -0.39 is 0 Å². The van der Waals surface area contributed by atoms with Gasteiger partial charge in [0, 0.05) is 18.8 Å². The maximum Gasteiger partial charge on any atom is 0.245 e. The van der Waals surface area contributed by atoms with Crippen molar-refractivity contribution in [3.63, 3.8) is 0 Å². The topological polar surface area (TPSA) is 68.4 Å². The molecule has 136 valence electrons. The number of anilines is 1. The highest BCUT2D eigenvalue weighted by Gasteiger charge is 2.36. The minimum absolute atomic E-state index is 0.0969. The van der Waals surface area contributed by atoms with Crippen molar-refractivity contribution in [1.82, 2.24) is 21.3 Å². The van der Waals surface area contributed by atoms with Gasteiger partial charge in [0.15, 0.2) is 0 Å². The zero-order valence-electron chi connectivity index (χ0n) is 15.0. The van der Waals surface area contributed by atoms with Crippen LogP contribution in [0.15, 0.2) is 48.5 Å². The molecule has 2 aromatic carbocycles. The highest BCUT2D eigenvalue weighted by atomic mass is 16.2. The van der Waals surface area contributed by atoms with E-state index in [4.69, 9.17) is 0 Å². The van der Waals surface area contributed by atoms with Crippen LogP contribution in [0.4, 0.5) is 5.69 Å². The predicted octanol–water partition coefficient (Wildman–Crippen LogP) is 1.55. The molecule has 4 N–H and O–H groups in total. The Balaban J connectivity index is 1.43. The predicted molar refractivity (Wildman–Crippen MR) is 102 cm³/mol. The highest BCUT2D eigenvalue weighted by molar-refractivity contribution is 5.83. The van der Waals surface area contributed by atoms with Crippen molar-refractivity contribution in [2.45, 2.75) is 38.5 Å². The van der Waals surface area contributed by atoms with Gasteiger partial charge >= 0.3 is 0 Å². The molecule has 26 heavy (non-hydrogen) atoms. The molecule has 0 spiro atoms. The molecule has 0 bridgehead atoms. The second-order valence-corrected chi connectivity index (χ2v) is 6.84. The largest absolute Gasteiger partial charge is 0.367 e. The third kappa shape index (κ3) is 3.44. The number of hydrazine groups is 2. The Kier molecular flexibility index (Phi) is 4.88. The van der Waals surface area contributed by atoms with Crippen LogP contribution < -0.4 is 21.7 Å². The Morgan fingerprint density at radius 1 is 1.12 bits per heavy atom. The van der Waals surface area contributed by atoms with E-state index in [2.05, 4.69) is 71.1 Å². The van der Waals surface area contributed by atoms with Gasteiger partial charge in [-0.1, -0.05) is 43.3 Å². The summed E-state index contributed by atoms with van der Waals surface area (Å²) in [4.78, 5) is 15.0. The lowest BCUT2D eigenvalue weighted by atomic mass is 9.99. The van der Waals surface area contributed by atoms with Crippen molar-refractivity contribution >= 4 is 11.6 Å². The Bertz CT molecular complexity index is 776. The Labute approximate surface area is 153 Å². The second kappa shape index (κ2) is 7.45. The van der Waals surface area contributed by atoms with Crippen molar-refractivity contribution in [2.75, 3.05) is 11.9 Å². The van der Waals surface area contributed by atoms with Crippen molar-refractivity contribution in [3.05, 3.63) is 65.2 Å². The van der Waals surface area contributed by atoms with Gasteiger partial charge in [0.2, 0.25) is 5.91 Å². The first kappa shape index (κ1) is 17.0. The number of rotatable bonds is 4. The quantitative estimate of drug-likeness (QED) is 0.673. The van der Waals surface area contributed by atoms with Gasteiger partial charge in [0.05, 0.1) is 0 Å². The SMILES string of the molecule is CCc1ccc(NC2NNNC2C(=O)N2CCc3ccccc3C2)cc1. The van der Waals surface area contributed by atoms with Crippen LogP contribution in [-0.2, 0) is 24.2 Å². The van der Waals surface area contributed by atoms with Gasteiger partial charge in [-0.2, -0.15) is 5.53 Å². The molecule has 6 heteroatoms. The summed E-state index contributed by atoms with van der Waals surface area (Å²) in [5, 5.41) is 3.40. The summed E-state index contributed by atoms with van der Waals surface area (Å²) < 4.78 is 0. The molecule has 2 unspecified atom stereocenters. The molecule has 2 heterocycles. The minimum atomic E-state index is -0.369. The summed E-state index contributed by atoms with van der Waals surface area (Å²) in [6, 6.07) is 16.3. The van der Waals surface area contributed by atoms with Crippen LogP contribution in [0.3, 0.4) is 0 Å². The van der Waals surface area contributed by atoms with E-state index in [0.29, 0.717) is 6.54 Å². The number of carbonyl (C=O) groups is 1. The second-order valence-electron chi connectivity index (χ2n) is 6.84. The van der Waals surface area contributed by atoms with Gasteiger partial charge in [0.25, 0.3) is 0 Å². The summed E-state index contributed by atoms with van der Waals surface area (Å²) in [5.74, 6) is 0.0969. The Morgan fingerprint density at radius 2 is 1.88 bits per heavy atom. The highest BCUT2D eigenvalue weighted by Crippen LogP contribution is 2.20. The van der Waals surface area contributed by atoms with Crippen molar-refractivity contribution < 1.29 is 4.79 Å². The van der Waals surface area contributed by atoms with Crippen molar-refractivity contribution in [3.8, 4) is 0 Å². The van der Waals surface area contributed by atoms with Gasteiger partial charge in [-0.25, -0.2) is 10.9 Å². The molecule has 0 radical (unpaired) electrons. The van der Waals surface area contributed by atoms with Crippen molar-refractivity contribution in [1.29, 1.82) is 0 Å². The number of fused-ring (bicyclic) bond motifs is 1. The number of hydrogen-bond donors (Lipinski definition) is 4. The molecular weight excluding hydrogens is 326 g/mol. The molecule has 2 aliphatic heterocycles. The van der Waals surface area contributed by atoms with Crippen LogP contribution in [0.25, 0.3) is 0 Å². The van der Waals surface area contributed by atoms with E-state index in [-0.39, 0.29) is 18.1 Å². The van der Waals surface area contributed by atoms with E-state index in [0.717, 1.165) is 25.1 Å². The van der Waals surface area contributed by atoms with Crippen LogP contribution in [-0.4, -0.2) is 29.6 Å².